The van der Waals surface area contributed by atoms with Crippen molar-refractivity contribution < 1.29 is 9.53 Å². The molecule has 0 radical (unpaired) electrons. The monoisotopic (exact) mass is 367 g/mol. The van der Waals surface area contributed by atoms with E-state index < -0.39 is 0 Å². The highest BCUT2D eigenvalue weighted by Crippen LogP contribution is 2.35. The predicted molar refractivity (Wildman–Crippen MR) is 113 cm³/mol. The number of nitrogens with zero attached hydrogens (tertiary/aromatic N) is 3. The van der Waals surface area contributed by atoms with E-state index in [1.54, 1.807) is 25.3 Å². The van der Waals surface area contributed by atoms with Gasteiger partial charge in [0.1, 0.15) is 5.75 Å². The number of pyridine rings is 1. The van der Waals surface area contributed by atoms with Crippen LogP contribution in [0.2, 0.25) is 0 Å². The van der Waals surface area contributed by atoms with Gasteiger partial charge in [0.25, 0.3) is 0 Å². The van der Waals surface area contributed by atoms with Crippen LogP contribution in [-0.4, -0.2) is 44.0 Å². The number of rotatable bonds is 6. The minimum atomic E-state index is -0.0769. The van der Waals surface area contributed by atoms with Crippen LogP contribution in [-0.2, 0) is 4.79 Å². The van der Waals surface area contributed by atoms with Crippen LogP contribution >= 0.6 is 0 Å². The van der Waals surface area contributed by atoms with Crippen LogP contribution in [0.4, 0.5) is 5.69 Å². The first kappa shape index (κ1) is 20.5. The summed E-state index contributed by atoms with van der Waals surface area (Å²) in [4.78, 5) is 20.6. The average molecular weight is 367 g/mol. The van der Waals surface area contributed by atoms with Gasteiger partial charge in [-0.3, -0.25) is 9.78 Å². The maximum Gasteiger partial charge on any atom is 0.229 e. The summed E-state index contributed by atoms with van der Waals surface area (Å²) in [7, 11) is 7.38. The molecule has 0 aliphatic rings. The number of benzene rings is 1. The predicted octanol–water partition coefficient (Wildman–Crippen LogP) is 4.26. The number of hydrogen-bond acceptors (Lipinski definition) is 4. The third-order valence-electron chi connectivity index (χ3n) is 4.55. The first-order valence-corrected chi connectivity index (χ1v) is 8.97. The van der Waals surface area contributed by atoms with Gasteiger partial charge in [-0.25, -0.2) is 0 Å². The highest BCUT2D eigenvalue weighted by molar-refractivity contribution is 5.99. The van der Waals surface area contributed by atoms with Crippen LogP contribution in [0, 0.1) is 12.8 Å². The smallest absolute Gasteiger partial charge is 0.229 e. The molecule has 0 unspecified atom stereocenters. The summed E-state index contributed by atoms with van der Waals surface area (Å²) in [6, 6.07) is 3.99. The van der Waals surface area contributed by atoms with Gasteiger partial charge < -0.3 is 14.5 Å². The maximum absolute atomic E-state index is 12.4. The number of carbonyl (C=O) groups is 1. The van der Waals surface area contributed by atoms with Crippen LogP contribution < -0.4 is 9.64 Å². The summed E-state index contributed by atoms with van der Waals surface area (Å²) in [6.45, 7) is 9.75. The van der Waals surface area contributed by atoms with Crippen molar-refractivity contribution in [2.45, 2.75) is 20.8 Å². The van der Waals surface area contributed by atoms with Crippen LogP contribution in [0.1, 0.15) is 25.0 Å². The van der Waals surface area contributed by atoms with Gasteiger partial charge in [0.2, 0.25) is 5.91 Å². The summed E-state index contributed by atoms with van der Waals surface area (Å²) >= 11 is 0. The minimum absolute atomic E-state index is 0.0623. The molecule has 0 fully saturated rings. The third-order valence-corrected chi connectivity index (χ3v) is 4.55. The quantitative estimate of drug-likeness (QED) is 0.716. The molecule has 144 valence electrons. The zero-order valence-electron chi connectivity index (χ0n) is 17.3. The highest BCUT2D eigenvalue weighted by atomic mass is 16.5. The van der Waals surface area contributed by atoms with Gasteiger partial charge in [0.15, 0.2) is 0 Å². The number of methoxy groups -OCH3 is 1. The normalized spacial score (nSPS) is 11.6. The molecule has 1 amide bonds. The van der Waals surface area contributed by atoms with Crippen molar-refractivity contribution in [2.24, 2.45) is 5.92 Å². The Hall–Kier alpha value is -2.82. The number of allylic oxidation sites excluding steroid dienone is 2. The summed E-state index contributed by atoms with van der Waals surface area (Å²) in [6.07, 6.45) is 5.56. The lowest BCUT2D eigenvalue weighted by Crippen LogP contribution is -2.30. The molecule has 1 aromatic carbocycles. The van der Waals surface area contributed by atoms with Gasteiger partial charge in [0, 0.05) is 55.9 Å². The molecular formula is C22H29N3O2. The van der Waals surface area contributed by atoms with Gasteiger partial charge in [0.05, 0.1) is 24.5 Å². The van der Waals surface area contributed by atoms with E-state index >= 15 is 0 Å². The second-order valence-electron chi connectivity index (χ2n) is 7.14. The Morgan fingerprint density at radius 2 is 1.93 bits per heavy atom. The number of fused-ring (bicyclic) bond motifs is 1. The fraction of sp³-hybridized carbons (Fsp3) is 0.364. The average Bonchev–Trinajstić information content (AvgIpc) is 2.64. The number of amides is 1. The molecular weight excluding hydrogens is 338 g/mol. The molecule has 1 aromatic heterocycles. The molecule has 2 aromatic rings. The topological polar surface area (TPSA) is 45.7 Å². The molecule has 0 saturated carbocycles. The summed E-state index contributed by atoms with van der Waals surface area (Å²) < 4.78 is 5.59. The summed E-state index contributed by atoms with van der Waals surface area (Å²) in [5.41, 5.74) is 4.54. The van der Waals surface area contributed by atoms with Crippen molar-refractivity contribution >= 4 is 28.1 Å². The fourth-order valence-corrected chi connectivity index (χ4v) is 3.09. The molecule has 27 heavy (non-hydrogen) atoms. The molecule has 0 atom stereocenters. The Bertz CT molecular complexity index is 898. The zero-order chi connectivity index (χ0) is 20.3. The lowest BCUT2D eigenvalue weighted by atomic mass is 9.99. The molecule has 0 aliphatic carbocycles. The third kappa shape index (κ3) is 4.13. The molecule has 2 rings (SSSR count). The van der Waals surface area contributed by atoms with Gasteiger partial charge in [-0.15, -0.1) is 0 Å². The van der Waals surface area contributed by atoms with E-state index in [-0.39, 0.29) is 11.8 Å². The second kappa shape index (κ2) is 8.25. The van der Waals surface area contributed by atoms with Crippen LogP contribution in [0.5, 0.6) is 5.75 Å². The van der Waals surface area contributed by atoms with Gasteiger partial charge in [-0.05, 0) is 18.6 Å². The van der Waals surface area contributed by atoms with E-state index in [1.165, 1.54) is 0 Å². The van der Waals surface area contributed by atoms with E-state index in [2.05, 4.69) is 17.6 Å². The molecule has 0 bridgehead atoms. The van der Waals surface area contributed by atoms with E-state index in [0.29, 0.717) is 0 Å². The zero-order valence-corrected chi connectivity index (χ0v) is 17.3. The van der Waals surface area contributed by atoms with E-state index in [9.17, 15) is 4.79 Å². The first-order valence-electron chi connectivity index (χ1n) is 8.97. The second-order valence-corrected chi connectivity index (χ2v) is 7.14. The van der Waals surface area contributed by atoms with E-state index in [4.69, 9.17) is 4.74 Å². The molecule has 0 spiro atoms. The van der Waals surface area contributed by atoms with Crippen molar-refractivity contribution in [3.63, 3.8) is 0 Å². The summed E-state index contributed by atoms with van der Waals surface area (Å²) in [5.74, 6) is 0.723. The van der Waals surface area contributed by atoms with Crippen molar-refractivity contribution in [3.05, 3.63) is 48.3 Å². The Kier molecular flexibility index (Phi) is 6.26. The number of anilines is 1. The molecule has 1 heterocycles. The van der Waals surface area contributed by atoms with Gasteiger partial charge in [-0.1, -0.05) is 26.5 Å². The Labute approximate surface area is 161 Å². The number of aromatic nitrogens is 1. The largest absolute Gasteiger partial charge is 0.496 e. The summed E-state index contributed by atoms with van der Waals surface area (Å²) in [5, 5.41) is 0.984. The minimum Gasteiger partial charge on any atom is -0.496 e. The SMILES string of the molecule is C=C/C(=C\N(C)C)c1cc2c(C)c(N(C)C(=O)C(C)C)cnc2cc1OC. The molecule has 0 N–H and O–H groups in total. The number of hydrogen-bond donors (Lipinski definition) is 0. The highest BCUT2D eigenvalue weighted by Gasteiger charge is 2.19. The lowest BCUT2D eigenvalue weighted by molar-refractivity contribution is -0.121. The molecule has 5 nitrogen and oxygen atoms in total. The fourth-order valence-electron chi connectivity index (χ4n) is 3.09. The van der Waals surface area contributed by atoms with Crippen molar-refractivity contribution in [1.29, 1.82) is 0 Å². The first-order chi connectivity index (χ1) is 12.7. The van der Waals surface area contributed by atoms with E-state index in [0.717, 1.165) is 39.0 Å². The van der Waals surface area contributed by atoms with Crippen molar-refractivity contribution in [3.8, 4) is 5.75 Å². The standard InChI is InChI=1S/C22H29N3O2/c1-9-16(13-24(5)6)18-10-17-15(4)20(25(7)22(26)14(2)3)12-23-19(17)11-21(18)27-8/h9-14H,1H2,2-8H3/b16-13+. The number of carbonyl (C=O) groups excluding carboxylic acids is 1. The van der Waals surface area contributed by atoms with Crippen molar-refractivity contribution in [2.75, 3.05) is 33.2 Å². The van der Waals surface area contributed by atoms with Crippen molar-refractivity contribution in [1.82, 2.24) is 9.88 Å². The van der Waals surface area contributed by atoms with Crippen LogP contribution in [0.3, 0.4) is 0 Å². The number of ether oxygens (including phenoxy) is 1. The van der Waals surface area contributed by atoms with E-state index in [1.807, 2.05) is 58.1 Å². The van der Waals surface area contributed by atoms with Gasteiger partial charge in [-0.2, -0.15) is 0 Å². The molecule has 0 saturated heterocycles. The molecule has 5 heteroatoms. The van der Waals surface area contributed by atoms with Crippen LogP contribution in [0.25, 0.3) is 16.5 Å². The van der Waals surface area contributed by atoms with Crippen LogP contribution in [0.15, 0.2) is 37.2 Å². The molecule has 0 aliphatic heterocycles. The lowest BCUT2D eigenvalue weighted by Gasteiger charge is -2.22. The Morgan fingerprint density at radius 3 is 2.44 bits per heavy atom. The Morgan fingerprint density at radius 1 is 1.26 bits per heavy atom. The van der Waals surface area contributed by atoms with Gasteiger partial charge >= 0.3 is 0 Å². The Balaban J connectivity index is 2.72. The maximum atomic E-state index is 12.4. The number of aryl methyl sites for hydroxylation is 1.